The molecule has 5 rings (SSSR count). The lowest BCUT2D eigenvalue weighted by atomic mass is 10.2. The molecule has 1 fully saturated rings. The summed E-state index contributed by atoms with van der Waals surface area (Å²) in [5.74, 6) is 2.20. The van der Waals surface area contributed by atoms with Crippen LogP contribution in [0.15, 0.2) is 39.5 Å². The standard InChI is InChI=1S/C18H18N6O2/c1-12-21-15(26-22-12)10-23-6-8-24(9-7-23)18-17-16(19-11-20-18)13-4-2-3-5-14(13)25-17/h2-5,11H,6-10H2,1H3. The molecule has 132 valence electrons. The Kier molecular flexibility index (Phi) is 3.56. The average molecular weight is 350 g/mol. The van der Waals surface area contributed by atoms with Crippen LogP contribution >= 0.6 is 0 Å². The van der Waals surface area contributed by atoms with Crippen LogP contribution in [0.5, 0.6) is 0 Å². The lowest BCUT2D eigenvalue weighted by Crippen LogP contribution is -2.46. The fourth-order valence-corrected chi connectivity index (χ4v) is 3.45. The quantitative estimate of drug-likeness (QED) is 0.557. The average Bonchev–Trinajstić information content (AvgIpc) is 3.25. The van der Waals surface area contributed by atoms with Crippen LogP contribution in [-0.2, 0) is 6.54 Å². The van der Waals surface area contributed by atoms with Gasteiger partial charge in [-0.15, -0.1) is 0 Å². The van der Waals surface area contributed by atoms with Crippen molar-refractivity contribution in [1.29, 1.82) is 0 Å². The molecular formula is C18H18N6O2. The first kappa shape index (κ1) is 15.3. The van der Waals surface area contributed by atoms with Crippen LogP contribution < -0.4 is 4.90 Å². The summed E-state index contributed by atoms with van der Waals surface area (Å²) in [5, 5.41) is 4.87. The first-order valence-corrected chi connectivity index (χ1v) is 8.67. The van der Waals surface area contributed by atoms with Crippen molar-refractivity contribution in [3.8, 4) is 0 Å². The largest absolute Gasteiger partial charge is 0.450 e. The zero-order valence-corrected chi connectivity index (χ0v) is 14.4. The van der Waals surface area contributed by atoms with Gasteiger partial charge in [-0.25, -0.2) is 9.97 Å². The molecule has 1 aromatic carbocycles. The summed E-state index contributed by atoms with van der Waals surface area (Å²) in [7, 11) is 0. The summed E-state index contributed by atoms with van der Waals surface area (Å²) >= 11 is 0. The van der Waals surface area contributed by atoms with E-state index in [-0.39, 0.29) is 0 Å². The Morgan fingerprint density at radius 2 is 1.92 bits per heavy atom. The number of furan rings is 1. The van der Waals surface area contributed by atoms with Gasteiger partial charge in [-0.2, -0.15) is 4.98 Å². The van der Waals surface area contributed by atoms with Crippen LogP contribution in [0.3, 0.4) is 0 Å². The van der Waals surface area contributed by atoms with Crippen LogP contribution in [0.1, 0.15) is 11.7 Å². The van der Waals surface area contributed by atoms with E-state index < -0.39 is 0 Å². The number of hydrogen-bond donors (Lipinski definition) is 0. The second-order valence-corrected chi connectivity index (χ2v) is 6.47. The number of nitrogens with zero attached hydrogens (tertiary/aromatic N) is 6. The number of para-hydroxylation sites is 1. The zero-order valence-electron chi connectivity index (χ0n) is 14.4. The van der Waals surface area contributed by atoms with E-state index in [1.807, 2.05) is 31.2 Å². The maximum Gasteiger partial charge on any atom is 0.240 e. The minimum absolute atomic E-state index is 0.665. The lowest BCUT2D eigenvalue weighted by Gasteiger charge is -2.34. The number of rotatable bonds is 3. The second kappa shape index (κ2) is 6.06. The molecule has 0 amide bonds. The van der Waals surface area contributed by atoms with Crippen molar-refractivity contribution in [1.82, 2.24) is 25.0 Å². The van der Waals surface area contributed by atoms with Gasteiger partial charge in [0, 0.05) is 31.6 Å². The number of aromatic nitrogens is 4. The van der Waals surface area contributed by atoms with Crippen LogP contribution in [0, 0.1) is 6.92 Å². The predicted octanol–water partition coefficient (Wildman–Crippen LogP) is 2.39. The van der Waals surface area contributed by atoms with Crippen LogP contribution in [-0.4, -0.2) is 51.2 Å². The van der Waals surface area contributed by atoms with Gasteiger partial charge in [-0.3, -0.25) is 4.90 Å². The van der Waals surface area contributed by atoms with Gasteiger partial charge in [0.2, 0.25) is 5.89 Å². The number of anilines is 1. The maximum atomic E-state index is 6.05. The molecule has 0 atom stereocenters. The van der Waals surface area contributed by atoms with E-state index in [4.69, 9.17) is 8.94 Å². The summed E-state index contributed by atoms with van der Waals surface area (Å²) in [6, 6.07) is 7.96. The van der Waals surface area contributed by atoms with Crippen molar-refractivity contribution in [2.24, 2.45) is 0 Å². The minimum Gasteiger partial charge on any atom is -0.450 e. The molecule has 3 aromatic heterocycles. The first-order valence-electron chi connectivity index (χ1n) is 8.67. The topological polar surface area (TPSA) is 84.3 Å². The van der Waals surface area contributed by atoms with E-state index >= 15 is 0 Å². The highest BCUT2D eigenvalue weighted by molar-refractivity contribution is 6.05. The van der Waals surface area contributed by atoms with Crippen molar-refractivity contribution in [3.05, 3.63) is 42.3 Å². The van der Waals surface area contributed by atoms with Crippen LogP contribution in [0.25, 0.3) is 22.1 Å². The number of aryl methyl sites for hydroxylation is 1. The molecule has 1 saturated heterocycles. The van der Waals surface area contributed by atoms with E-state index in [9.17, 15) is 0 Å². The summed E-state index contributed by atoms with van der Waals surface area (Å²) in [4.78, 5) is 17.8. The Balaban J connectivity index is 1.38. The molecule has 1 aliphatic rings. The Morgan fingerprint density at radius 3 is 2.73 bits per heavy atom. The molecular weight excluding hydrogens is 332 g/mol. The van der Waals surface area contributed by atoms with Gasteiger partial charge < -0.3 is 13.8 Å². The van der Waals surface area contributed by atoms with Crippen LogP contribution in [0.2, 0.25) is 0 Å². The zero-order chi connectivity index (χ0) is 17.5. The molecule has 0 spiro atoms. The molecule has 0 unspecified atom stereocenters. The number of hydrogen-bond acceptors (Lipinski definition) is 8. The van der Waals surface area contributed by atoms with Crippen LogP contribution in [0.4, 0.5) is 5.82 Å². The van der Waals surface area contributed by atoms with Crippen molar-refractivity contribution in [2.75, 3.05) is 31.1 Å². The first-order chi connectivity index (χ1) is 12.8. The third kappa shape index (κ3) is 2.59. The number of benzene rings is 1. The molecule has 0 bridgehead atoms. The SMILES string of the molecule is Cc1noc(CN2CCN(c3ncnc4c3oc3ccccc34)CC2)n1. The van der Waals surface area contributed by atoms with Crippen molar-refractivity contribution >= 4 is 27.9 Å². The van der Waals surface area contributed by atoms with E-state index in [2.05, 4.69) is 29.9 Å². The summed E-state index contributed by atoms with van der Waals surface area (Å²) in [5.41, 5.74) is 2.47. The molecule has 0 N–H and O–H groups in total. The molecule has 0 radical (unpaired) electrons. The Labute approximate surface area is 149 Å². The van der Waals surface area contributed by atoms with Gasteiger partial charge >= 0.3 is 0 Å². The lowest BCUT2D eigenvalue weighted by molar-refractivity contribution is 0.215. The third-order valence-electron chi connectivity index (χ3n) is 4.74. The maximum absolute atomic E-state index is 6.05. The molecule has 4 heterocycles. The molecule has 4 aromatic rings. The fourth-order valence-electron chi connectivity index (χ4n) is 3.45. The van der Waals surface area contributed by atoms with Gasteiger partial charge in [0.25, 0.3) is 0 Å². The number of fused-ring (bicyclic) bond motifs is 3. The molecule has 1 aliphatic heterocycles. The minimum atomic E-state index is 0.665. The summed E-state index contributed by atoms with van der Waals surface area (Å²) in [6.07, 6.45) is 1.62. The Morgan fingerprint density at radius 1 is 1.08 bits per heavy atom. The van der Waals surface area contributed by atoms with Crippen molar-refractivity contribution in [3.63, 3.8) is 0 Å². The smallest absolute Gasteiger partial charge is 0.240 e. The summed E-state index contributed by atoms with van der Waals surface area (Å²) < 4.78 is 11.3. The van der Waals surface area contributed by atoms with E-state index in [1.165, 1.54) is 0 Å². The van der Waals surface area contributed by atoms with Gasteiger partial charge in [0.05, 0.1) is 6.54 Å². The van der Waals surface area contributed by atoms with Gasteiger partial charge in [0.1, 0.15) is 17.4 Å². The molecule has 8 heteroatoms. The van der Waals surface area contributed by atoms with Crippen molar-refractivity contribution < 1.29 is 8.94 Å². The van der Waals surface area contributed by atoms with E-state index in [1.54, 1.807) is 6.33 Å². The highest BCUT2D eigenvalue weighted by Crippen LogP contribution is 2.32. The monoisotopic (exact) mass is 350 g/mol. The van der Waals surface area contributed by atoms with Gasteiger partial charge in [0.15, 0.2) is 17.2 Å². The highest BCUT2D eigenvalue weighted by Gasteiger charge is 2.23. The predicted molar refractivity (Wildman–Crippen MR) is 95.8 cm³/mol. The van der Waals surface area contributed by atoms with E-state index in [0.717, 1.165) is 54.1 Å². The van der Waals surface area contributed by atoms with Gasteiger partial charge in [-0.05, 0) is 19.1 Å². The Bertz CT molecular complexity index is 1060. The fraction of sp³-hybridized carbons (Fsp3) is 0.333. The molecule has 26 heavy (non-hydrogen) atoms. The number of piperazine rings is 1. The summed E-state index contributed by atoms with van der Waals surface area (Å²) in [6.45, 7) is 6.02. The molecule has 8 nitrogen and oxygen atoms in total. The normalized spacial score (nSPS) is 16.0. The molecule has 0 aliphatic carbocycles. The highest BCUT2D eigenvalue weighted by atomic mass is 16.5. The third-order valence-corrected chi connectivity index (χ3v) is 4.74. The Hall–Kier alpha value is -3.00. The second-order valence-electron chi connectivity index (χ2n) is 6.47. The van der Waals surface area contributed by atoms with Crippen molar-refractivity contribution in [2.45, 2.75) is 13.5 Å². The molecule has 0 saturated carbocycles. The van der Waals surface area contributed by atoms with E-state index in [0.29, 0.717) is 18.3 Å². The van der Waals surface area contributed by atoms with Gasteiger partial charge in [-0.1, -0.05) is 17.3 Å².